The summed E-state index contributed by atoms with van der Waals surface area (Å²) in [6.07, 6.45) is 3.56. The zero-order valence-electron chi connectivity index (χ0n) is 15.1. The van der Waals surface area contributed by atoms with Crippen LogP contribution in [0, 0.1) is 0 Å². The number of nitrogens with one attached hydrogen (secondary N) is 1. The van der Waals surface area contributed by atoms with E-state index in [1.165, 1.54) is 12.8 Å². The summed E-state index contributed by atoms with van der Waals surface area (Å²) in [5.41, 5.74) is 1.61. The molecule has 0 aliphatic carbocycles. The monoisotopic (exact) mass is 337 g/mol. The Kier molecular flexibility index (Phi) is 4.19. The Morgan fingerprint density at radius 1 is 0.840 bits per heavy atom. The van der Waals surface area contributed by atoms with Gasteiger partial charge in [0.15, 0.2) is 0 Å². The number of hydrogen-bond donors (Lipinski definition) is 1. The maximum Gasteiger partial charge on any atom is 0.223 e. The van der Waals surface area contributed by atoms with Crippen LogP contribution in [0.2, 0.25) is 0 Å². The highest BCUT2D eigenvalue weighted by Gasteiger charge is 2.58. The molecule has 0 saturated carbocycles. The summed E-state index contributed by atoms with van der Waals surface area (Å²) in [6, 6.07) is 20.6. The van der Waals surface area contributed by atoms with Gasteiger partial charge in [-0.25, -0.2) is 0 Å². The molecule has 3 nitrogen and oxygen atoms in total. The Labute approximate surface area is 150 Å². The summed E-state index contributed by atoms with van der Waals surface area (Å²) >= 11 is 0. The Morgan fingerprint density at radius 3 is 1.96 bits per heavy atom. The van der Waals surface area contributed by atoms with Gasteiger partial charge in [0.25, 0.3) is 0 Å². The van der Waals surface area contributed by atoms with E-state index in [4.69, 9.17) is 9.47 Å². The van der Waals surface area contributed by atoms with E-state index >= 15 is 0 Å². The van der Waals surface area contributed by atoms with E-state index in [0.717, 1.165) is 24.1 Å². The van der Waals surface area contributed by atoms with Gasteiger partial charge in [0.05, 0.1) is 6.61 Å². The van der Waals surface area contributed by atoms with Crippen LogP contribution < -0.4 is 5.32 Å². The Hall–Kier alpha value is -1.68. The fourth-order valence-electron chi connectivity index (χ4n) is 4.16. The van der Waals surface area contributed by atoms with Crippen LogP contribution in [-0.4, -0.2) is 24.3 Å². The van der Waals surface area contributed by atoms with Crippen LogP contribution in [0.4, 0.5) is 0 Å². The van der Waals surface area contributed by atoms with Gasteiger partial charge in [0, 0.05) is 16.7 Å². The summed E-state index contributed by atoms with van der Waals surface area (Å²) in [5.74, 6) is -0.848. The highest BCUT2D eigenvalue weighted by atomic mass is 16.8. The lowest BCUT2D eigenvalue weighted by molar-refractivity contribution is -0.180. The van der Waals surface area contributed by atoms with Crippen LogP contribution in [0.5, 0.6) is 0 Å². The second-order valence-corrected chi connectivity index (χ2v) is 7.69. The van der Waals surface area contributed by atoms with Gasteiger partial charge in [0.1, 0.15) is 5.60 Å². The van der Waals surface area contributed by atoms with Gasteiger partial charge in [-0.1, -0.05) is 67.1 Å². The van der Waals surface area contributed by atoms with E-state index < -0.39 is 5.79 Å². The molecular weight excluding hydrogens is 310 g/mol. The smallest absolute Gasteiger partial charge is 0.223 e. The van der Waals surface area contributed by atoms with Crippen LogP contribution in [-0.2, 0) is 15.3 Å². The largest absolute Gasteiger partial charge is 0.339 e. The zero-order valence-corrected chi connectivity index (χ0v) is 15.1. The molecule has 132 valence electrons. The molecule has 2 saturated heterocycles. The zero-order chi connectivity index (χ0) is 17.4. The van der Waals surface area contributed by atoms with Gasteiger partial charge < -0.3 is 14.8 Å². The fraction of sp³-hybridized carbons (Fsp3) is 0.455. The summed E-state index contributed by atoms with van der Waals surface area (Å²) < 4.78 is 13.4. The average Bonchev–Trinajstić information content (AvgIpc) is 3.05. The molecule has 4 rings (SSSR count). The van der Waals surface area contributed by atoms with E-state index in [-0.39, 0.29) is 11.1 Å². The van der Waals surface area contributed by atoms with Gasteiger partial charge in [-0.2, -0.15) is 0 Å². The second-order valence-electron chi connectivity index (χ2n) is 7.69. The highest BCUT2D eigenvalue weighted by molar-refractivity contribution is 5.35. The molecule has 0 bridgehead atoms. The molecule has 2 fully saturated rings. The molecule has 2 atom stereocenters. The van der Waals surface area contributed by atoms with Crippen LogP contribution in [0.1, 0.15) is 44.2 Å². The van der Waals surface area contributed by atoms with Crippen LogP contribution >= 0.6 is 0 Å². The standard InChI is InChI=1S/C22H27NO2/c1-20(15-9-10-16-23-20)21(2)17-24-22(25-21,18-11-5-3-6-12-18)19-13-7-4-8-14-19/h3-8,11-14,23H,9-10,15-17H2,1-2H3/t20-,21+/m1/s1. The number of ether oxygens (including phenoxy) is 2. The predicted octanol–water partition coefficient (Wildman–Crippen LogP) is 4.23. The lowest BCUT2D eigenvalue weighted by Gasteiger charge is -2.46. The molecule has 1 N–H and O–H groups in total. The third-order valence-corrected chi connectivity index (χ3v) is 6.01. The van der Waals surface area contributed by atoms with Gasteiger partial charge in [-0.05, 0) is 33.2 Å². The molecule has 2 heterocycles. The molecular formula is C22H27NO2. The molecule has 2 aliphatic rings. The van der Waals surface area contributed by atoms with Gasteiger partial charge in [-0.3, -0.25) is 0 Å². The number of rotatable bonds is 3. The summed E-state index contributed by atoms with van der Waals surface area (Å²) in [4.78, 5) is 0. The third kappa shape index (κ3) is 2.71. The van der Waals surface area contributed by atoms with Crippen LogP contribution in [0.3, 0.4) is 0 Å². The molecule has 25 heavy (non-hydrogen) atoms. The minimum Gasteiger partial charge on any atom is -0.339 e. The van der Waals surface area contributed by atoms with Crippen molar-refractivity contribution < 1.29 is 9.47 Å². The van der Waals surface area contributed by atoms with E-state index in [2.05, 4.69) is 43.4 Å². The van der Waals surface area contributed by atoms with Crippen molar-refractivity contribution >= 4 is 0 Å². The molecule has 2 aromatic rings. The molecule has 2 aliphatic heterocycles. The van der Waals surface area contributed by atoms with Crippen molar-refractivity contribution in [1.82, 2.24) is 5.32 Å². The Bertz CT molecular complexity index is 670. The van der Waals surface area contributed by atoms with Gasteiger partial charge in [0.2, 0.25) is 5.79 Å². The molecule has 2 aromatic carbocycles. The first-order valence-corrected chi connectivity index (χ1v) is 9.28. The highest BCUT2D eigenvalue weighted by Crippen LogP contribution is 2.49. The lowest BCUT2D eigenvalue weighted by atomic mass is 9.77. The van der Waals surface area contributed by atoms with E-state index in [1.54, 1.807) is 0 Å². The minimum atomic E-state index is -0.848. The number of piperidine rings is 1. The molecule has 0 radical (unpaired) electrons. The van der Waals surface area contributed by atoms with Gasteiger partial charge >= 0.3 is 0 Å². The fourth-order valence-corrected chi connectivity index (χ4v) is 4.16. The maximum absolute atomic E-state index is 6.87. The third-order valence-electron chi connectivity index (χ3n) is 6.01. The van der Waals surface area contributed by atoms with Crippen molar-refractivity contribution in [3.63, 3.8) is 0 Å². The Morgan fingerprint density at radius 2 is 1.44 bits per heavy atom. The predicted molar refractivity (Wildman–Crippen MR) is 99.4 cm³/mol. The molecule has 0 aromatic heterocycles. The number of benzene rings is 2. The summed E-state index contributed by atoms with van der Waals surface area (Å²) in [7, 11) is 0. The topological polar surface area (TPSA) is 30.5 Å². The molecule has 0 unspecified atom stereocenters. The van der Waals surface area contributed by atoms with Crippen LogP contribution in [0.15, 0.2) is 60.7 Å². The van der Waals surface area contributed by atoms with Crippen molar-refractivity contribution in [3.05, 3.63) is 71.8 Å². The molecule has 0 amide bonds. The SMILES string of the molecule is C[C@]1([C@]2(C)COC(c3ccccc3)(c3ccccc3)O2)CCCCN1. The Balaban J connectivity index is 1.77. The van der Waals surface area contributed by atoms with Crippen molar-refractivity contribution in [2.75, 3.05) is 13.2 Å². The van der Waals surface area contributed by atoms with Crippen molar-refractivity contribution in [1.29, 1.82) is 0 Å². The first kappa shape index (κ1) is 16.8. The first-order valence-electron chi connectivity index (χ1n) is 9.28. The maximum atomic E-state index is 6.87. The molecule has 3 heteroatoms. The van der Waals surface area contributed by atoms with Crippen molar-refractivity contribution in [2.24, 2.45) is 0 Å². The average molecular weight is 337 g/mol. The first-order chi connectivity index (χ1) is 12.1. The van der Waals surface area contributed by atoms with Crippen LogP contribution in [0.25, 0.3) is 0 Å². The second kappa shape index (κ2) is 6.24. The normalized spacial score (nSPS) is 31.8. The molecule has 0 spiro atoms. The van der Waals surface area contributed by atoms with E-state index in [1.807, 2.05) is 36.4 Å². The minimum absolute atomic E-state index is 0.0867. The summed E-state index contributed by atoms with van der Waals surface area (Å²) in [6.45, 7) is 6.08. The van der Waals surface area contributed by atoms with Crippen molar-refractivity contribution in [2.45, 2.75) is 50.0 Å². The van der Waals surface area contributed by atoms with E-state index in [9.17, 15) is 0 Å². The van der Waals surface area contributed by atoms with Crippen molar-refractivity contribution in [3.8, 4) is 0 Å². The van der Waals surface area contributed by atoms with E-state index in [0.29, 0.717) is 6.61 Å². The lowest BCUT2D eigenvalue weighted by Crippen LogP contribution is -2.63. The number of hydrogen-bond acceptors (Lipinski definition) is 3. The summed E-state index contributed by atoms with van der Waals surface area (Å²) in [5, 5.41) is 3.71. The quantitative estimate of drug-likeness (QED) is 0.909. The van der Waals surface area contributed by atoms with Gasteiger partial charge in [-0.15, -0.1) is 0 Å².